The normalized spacial score (nSPS) is 15.3. The highest BCUT2D eigenvalue weighted by atomic mass is 35.5. The fourth-order valence-corrected chi connectivity index (χ4v) is 3.62. The van der Waals surface area contributed by atoms with Gasteiger partial charge in [-0.25, -0.2) is 0 Å². The first kappa shape index (κ1) is 12.9. The molecule has 0 atom stereocenters. The lowest BCUT2D eigenvalue weighted by Crippen LogP contribution is -2.30. The highest BCUT2D eigenvalue weighted by molar-refractivity contribution is 6.20. The highest BCUT2D eigenvalue weighted by Crippen LogP contribution is 2.32. The lowest BCUT2D eigenvalue weighted by molar-refractivity contribution is 0.245. The van der Waals surface area contributed by atoms with Gasteiger partial charge < -0.3 is 0 Å². The van der Waals surface area contributed by atoms with Gasteiger partial charge in [-0.1, -0.05) is 48.5 Å². The van der Waals surface area contributed by atoms with E-state index in [1.54, 1.807) is 0 Å². The lowest BCUT2D eigenvalue weighted by atomic mass is 10.0. The van der Waals surface area contributed by atoms with Crippen LogP contribution in [0, 0.1) is 0 Å². The van der Waals surface area contributed by atoms with Gasteiger partial charge >= 0.3 is 0 Å². The Bertz CT molecular complexity index is 777. The van der Waals surface area contributed by atoms with Crippen LogP contribution in [0.1, 0.15) is 16.8 Å². The number of fused-ring (bicyclic) bond motifs is 3. The zero-order valence-electron chi connectivity index (χ0n) is 11.8. The topological polar surface area (TPSA) is 8.17 Å². The van der Waals surface area contributed by atoms with Crippen LogP contribution < -0.4 is 0 Å². The minimum Gasteiger partial charge on any atom is -0.294 e. The van der Waals surface area contributed by atoms with E-state index in [4.69, 9.17) is 11.8 Å². The van der Waals surface area contributed by atoms with Crippen LogP contribution in [0.25, 0.3) is 10.9 Å². The first-order valence-corrected chi connectivity index (χ1v) is 7.70. The van der Waals surface area contributed by atoms with Crippen molar-refractivity contribution in [2.45, 2.75) is 19.5 Å². The second-order valence-electron chi connectivity index (χ2n) is 5.67. The molecule has 2 nitrogen and oxygen atoms in total. The minimum absolute atomic E-state index is 0.977. The van der Waals surface area contributed by atoms with Crippen LogP contribution in [-0.2, 0) is 19.5 Å². The van der Waals surface area contributed by atoms with E-state index in [1.807, 2.05) is 4.09 Å². The third kappa shape index (κ3) is 2.25. The summed E-state index contributed by atoms with van der Waals surface area (Å²) in [4.78, 5) is 2.50. The predicted molar refractivity (Wildman–Crippen MR) is 87.4 cm³/mol. The Morgan fingerprint density at radius 3 is 2.57 bits per heavy atom. The van der Waals surface area contributed by atoms with E-state index < -0.39 is 0 Å². The van der Waals surface area contributed by atoms with Crippen molar-refractivity contribution in [2.75, 3.05) is 6.54 Å². The van der Waals surface area contributed by atoms with Crippen LogP contribution in [0.4, 0.5) is 0 Å². The number of hydrogen-bond donors (Lipinski definition) is 0. The molecule has 4 rings (SSSR count). The maximum atomic E-state index is 6.48. The van der Waals surface area contributed by atoms with E-state index in [0.717, 1.165) is 31.6 Å². The van der Waals surface area contributed by atoms with E-state index >= 15 is 0 Å². The quantitative estimate of drug-likeness (QED) is 0.688. The number of nitrogens with zero attached hydrogens (tertiary/aromatic N) is 2. The van der Waals surface area contributed by atoms with Gasteiger partial charge in [0.25, 0.3) is 0 Å². The van der Waals surface area contributed by atoms with Crippen molar-refractivity contribution in [3.8, 4) is 0 Å². The number of halogens is 1. The standard InChI is InChI=1S/C18H17ClN2/c19-21-17-9-5-4-8-15(17)16-13-20(11-10-18(16)21)12-14-6-2-1-3-7-14/h1-9H,10-13H2. The molecule has 2 aromatic carbocycles. The zero-order valence-corrected chi connectivity index (χ0v) is 12.6. The van der Waals surface area contributed by atoms with E-state index in [2.05, 4.69) is 59.5 Å². The Kier molecular flexibility index (Phi) is 3.21. The molecule has 0 unspecified atom stereocenters. The summed E-state index contributed by atoms with van der Waals surface area (Å²) in [7, 11) is 0. The third-order valence-corrected chi connectivity index (χ3v) is 4.71. The van der Waals surface area contributed by atoms with Crippen LogP contribution in [0.5, 0.6) is 0 Å². The number of rotatable bonds is 2. The van der Waals surface area contributed by atoms with Crippen molar-refractivity contribution in [3.05, 3.63) is 71.4 Å². The van der Waals surface area contributed by atoms with E-state index in [9.17, 15) is 0 Å². The largest absolute Gasteiger partial charge is 0.294 e. The molecule has 1 aliphatic rings. The number of aromatic nitrogens is 1. The maximum absolute atomic E-state index is 6.48. The Morgan fingerprint density at radius 2 is 1.71 bits per heavy atom. The van der Waals surface area contributed by atoms with Crippen molar-refractivity contribution in [3.63, 3.8) is 0 Å². The average molecular weight is 297 g/mol. The molecule has 0 saturated carbocycles. The summed E-state index contributed by atoms with van der Waals surface area (Å²) < 4.78 is 1.85. The van der Waals surface area contributed by atoms with E-state index in [0.29, 0.717) is 0 Å². The SMILES string of the molecule is Cln1c2c(c3ccccc31)CN(Cc1ccccc1)CC2. The fourth-order valence-electron chi connectivity index (χ4n) is 3.29. The highest BCUT2D eigenvalue weighted by Gasteiger charge is 2.23. The van der Waals surface area contributed by atoms with Gasteiger partial charge in [-0.15, -0.1) is 0 Å². The van der Waals surface area contributed by atoms with Crippen molar-refractivity contribution in [1.82, 2.24) is 8.99 Å². The van der Waals surface area contributed by atoms with Gasteiger partial charge in [0, 0.05) is 48.9 Å². The summed E-state index contributed by atoms with van der Waals surface area (Å²) in [6.45, 7) is 3.04. The van der Waals surface area contributed by atoms with E-state index in [-0.39, 0.29) is 0 Å². The molecule has 106 valence electrons. The second kappa shape index (κ2) is 5.21. The molecule has 1 aromatic heterocycles. The molecule has 0 N–H and O–H groups in total. The van der Waals surface area contributed by atoms with Gasteiger partial charge in [0.1, 0.15) is 0 Å². The van der Waals surface area contributed by atoms with Crippen LogP contribution in [0.2, 0.25) is 0 Å². The van der Waals surface area contributed by atoms with Crippen molar-refractivity contribution < 1.29 is 0 Å². The summed E-state index contributed by atoms with van der Waals surface area (Å²) in [5.74, 6) is 0. The smallest absolute Gasteiger partial charge is 0.0653 e. The molecule has 3 aromatic rings. The molecule has 0 radical (unpaired) electrons. The van der Waals surface area contributed by atoms with Gasteiger partial charge in [0.15, 0.2) is 0 Å². The third-order valence-electron chi connectivity index (χ3n) is 4.32. The minimum atomic E-state index is 0.977. The van der Waals surface area contributed by atoms with Gasteiger partial charge in [-0.3, -0.25) is 8.99 Å². The molecule has 0 saturated heterocycles. The first-order valence-electron chi connectivity index (χ1n) is 7.36. The predicted octanol–water partition coefficient (Wildman–Crippen LogP) is 4.20. The van der Waals surface area contributed by atoms with Crippen LogP contribution in [0.3, 0.4) is 0 Å². The van der Waals surface area contributed by atoms with E-state index in [1.165, 1.54) is 22.2 Å². The second-order valence-corrected chi connectivity index (χ2v) is 6.01. The fraction of sp³-hybridized carbons (Fsp3) is 0.222. The molecule has 0 bridgehead atoms. The maximum Gasteiger partial charge on any atom is 0.0653 e. The number of benzene rings is 2. The lowest BCUT2D eigenvalue weighted by Gasteiger charge is -2.27. The van der Waals surface area contributed by atoms with Crippen LogP contribution >= 0.6 is 11.8 Å². The summed E-state index contributed by atoms with van der Waals surface area (Å²) in [6.07, 6.45) is 1.01. The summed E-state index contributed by atoms with van der Waals surface area (Å²) in [5, 5.41) is 1.29. The first-order chi connectivity index (χ1) is 10.3. The Balaban J connectivity index is 1.67. The molecule has 3 heteroatoms. The van der Waals surface area contributed by atoms with Gasteiger partial charge in [0.2, 0.25) is 0 Å². The molecule has 2 heterocycles. The molecule has 1 aliphatic heterocycles. The number of hydrogen-bond acceptors (Lipinski definition) is 1. The molecule has 0 aliphatic carbocycles. The van der Waals surface area contributed by atoms with Crippen molar-refractivity contribution in [2.24, 2.45) is 0 Å². The molecule has 0 fully saturated rings. The molecule has 21 heavy (non-hydrogen) atoms. The van der Waals surface area contributed by atoms with Crippen molar-refractivity contribution >= 4 is 22.7 Å². The average Bonchev–Trinajstić information content (AvgIpc) is 2.82. The van der Waals surface area contributed by atoms with Gasteiger partial charge in [-0.05, 0) is 17.2 Å². The zero-order chi connectivity index (χ0) is 14.2. The Hall–Kier alpha value is -1.77. The van der Waals surface area contributed by atoms with Crippen LogP contribution in [0.15, 0.2) is 54.6 Å². The summed E-state index contributed by atoms with van der Waals surface area (Å²) >= 11 is 6.48. The Morgan fingerprint density at radius 1 is 0.952 bits per heavy atom. The van der Waals surface area contributed by atoms with Gasteiger partial charge in [-0.2, -0.15) is 0 Å². The molecule has 0 amide bonds. The molecular formula is C18H17ClN2. The summed E-state index contributed by atoms with van der Waals surface area (Å²) in [5.41, 5.74) is 5.17. The molecule has 0 spiro atoms. The Labute approximate surface area is 129 Å². The summed E-state index contributed by atoms with van der Waals surface area (Å²) in [6, 6.07) is 19.1. The monoisotopic (exact) mass is 296 g/mol. The van der Waals surface area contributed by atoms with Gasteiger partial charge in [0.05, 0.1) is 5.52 Å². The van der Waals surface area contributed by atoms with Crippen molar-refractivity contribution in [1.29, 1.82) is 0 Å². The molecular weight excluding hydrogens is 280 g/mol. The number of para-hydroxylation sites is 1. The van der Waals surface area contributed by atoms with Crippen LogP contribution in [-0.4, -0.2) is 15.5 Å².